The van der Waals surface area contributed by atoms with Crippen molar-refractivity contribution in [3.8, 4) is 11.5 Å². The summed E-state index contributed by atoms with van der Waals surface area (Å²) in [4.78, 5) is 29.3. The number of carboxylic acids is 1. The second-order valence-electron chi connectivity index (χ2n) is 5.60. The van der Waals surface area contributed by atoms with Crippen molar-refractivity contribution >= 4 is 11.9 Å². The Morgan fingerprint density at radius 1 is 1.33 bits per heavy atom. The van der Waals surface area contributed by atoms with Crippen LogP contribution < -0.4 is 0 Å². The number of aliphatic carboxylic acids is 1. The van der Waals surface area contributed by atoms with Gasteiger partial charge in [-0.2, -0.15) is 0 Å². The van der Waals surface area contributed by atoms with Crippen LogP contribution in [0.2, 0.25) is 0 Å². The van der Waals surface area contributed by atoms with E-state index in [1.54, 1.807) is 6.92 Å². The number of hydrogen-bond donors (Lipinski definition) is 1. The summed E-state index contributed by atoms with van der Waals surface area (Å²) in [5.41, 5.74) is 1.41. The first-order valence-corrected chi connectivity index (χ1v) is 7.68. The van der Waals surface area contributed by atoms with Gasteiger partial charge in [0.1, 0.15) is 5.76 Å². The molecule has 1 N–H and O–H groups in total. The maximum absolute atomic E-state index is 12.4. The zero-order chi connectivity index (χ0) is 17.1. The Balaban J connectivity index is 1.71. The van der Waals surface area contributed by atoms with Crippen molar-refractivity contribution in [1.29, 1.82) is 0 Å². The highest BCUT2D eigenvalue weighted by Crippen LogP contribution is 2.22. The number of rotatable bonds is 4. The minimum absolute atomic E-state index is 0.0522. The van der Waals surface area contributed by atoms with E-state index in [4.69, 9.17) is 14.3 Å². The van der Waals surface area contributed by atoms with Crippen molar-refractivity contribution in [2.45, 2.75) is 19.4 Å². The Morgan fingerprint density at radius 3 is 2.79 bits per heavy atom. The summed E-state index contributed by atoms with van der Waals surface area (Å²) in [6.07, 6.45) is -0.893. The Kier molecular flexibility index (Phi) is 4.61. The first kappa shape index (κ1) is 16.2. The van der Waals surface area contributed by atoms with E-state index in [1.807, 2.05) is 30.3 Å². The van der Waals surface area contributed by atoms with Gasteiger partial charge in [0.25, 0.3) is 0 Å². The van der Waals surface area contributed by atoms with Gasteiger partial charge in [0.15, 0.2) is 6.10 Å². The first-order chi connectivity index (χ1) is 11.5. The molecule has 0 bridgehead atoms. The van der Waals surface area contributed by atoms with Gasteiger partial charge >= 0.3 is 5.97 Å². The fourth-order valence-electron chi connectivity index (χ4n) is 2.58. The van der Waals surface area contributed by atoms with E-state index >= 15 is 0 Å². The van der Waals surface area contributed by atoms with Crippen molar-refractivity contribution < 1.29 is 23.8 Å². The lowest BCUT2D eigenvalue weighted by atomic mass is 10.2. The highest BCUT2D eigenvalue weighted by Gasteiger charge is 2.29. The molecule has 1 aliphatic rings. The predicted octanol–water partition coefficient (Wildman–Crippen LogP) is 1.50. The largest absolute Gasteiger partial charge is 0.479 e. The minimum Gasteiger partial charge on any atom is -0.479 e. The van der Waals surface area contributed by atoms with Gasteiger partial charge in [-0.3, -0.25) is 4.79 Å². The van der Waals surface area contributed by atoms with Gasteiger partial charge < -0.3 is 19.2 Å². The summed E-state index contributed by atoms with van der Waals surface area (Å²) in [5.74, 6) is -0.177. The number of carboxylic acid groups (broad SMARTS) is 1. The Morgan fingerprint density at radius 2 is 2.08 bits per heavy atom. The third kappa shape index (κ3) is 3.46. The van der Waals surface area contributed by atoms with Gasteiger partial charge in [-0.1, -0.05) is 18.2 Å². The minimum atomic E-state index is -1.06. The molecule has 1 amide bonds. The molecule has 2 heterocycles. The molecule has 2 aromatic rings. The number of morpholine rings is 1. The van der Waals surface area contributed by atoms with E-state index in [-0.39, 0.29) is 25.5 Å². The van der Waals surface area contributed by atoms with E-state index in [2.05, 4.69) is 4.98 Å². The lowest BCUT2D eigenvalue weighted by Gasteiger charge is -2.30. The normalized spacial score (nSPS) is 17.7. The third-order valence-electron chi connectivity index (χ3n) is 3.93. The Bertz CT molecular complexity index is 741. The van der Waals surface area contributed by atoms with E-state index in [9.17, 15) is 9.59 Å². The van der Waals surface area contributed by atoms with Gasteiger partial charge in [-0.15, -0.1) is 0 Å². The summed E-state index contributed by atoms with van der Waals surface area (Å²) in [6, 6.07) is 9.45. The van der Waals surface area contributed by atoms with Crippen LogP contribution in [0.1, 0.15) is 11.5 Å². The number of benzene rings is 1. The van der Waals surface area contributed by atoms with Crippen LogP contribution in [0.4, 0.5) is 0 Å². The lowest BCUT2D eigenvalue weighted by Crippen LogP contribution is -2.49. The second kappa shape index (κ2) is 6.84. The first-order valence-electron chi connectivity index (χ1n) is 7.68. The fraction of sp³-hybridized carbons (Fsp3) is 0.353. The van der Waals surface area contributed by atoms with Crippen molar-refractivity contribution in [1.82, 2.24) is 9.88 Å². The summed E-state index contributed by atoms with van der Waals surface area (Å²) < 4.78 is 10.8. The summed E-state index contributed by atoms with van der Waals surface area (Å²) in [6.45, 7) is 2.42. The number of aryl methyl sites for hydroxylation is 1. The van der Waals surface area contributed by atoms with Crippen LogP contribution in [-0.2, 0) is 20.7 Å². The number of ether oxygens (including phenoxy) is 1. The molecule has 1 saturated heterocycles. The van der Waals surface area contributed by atoms with Gasteiger partial charge in [0, 0.05) is 12.1 Å². The SMILES string of the molecule is Cc1oc(-c2ccccc2)nc1CC(=O)N1CCOC(C(=O)O)C1. The molecule has 1 atom stereocenters. The summed E-state index contributed by atoms with van der Waals surface area (Å²) >= 11 is 0. The van der Waals surface area contributed by atoms with Crippen molar-refractivity contribution in [3.05, 3.63) is 41.8 Å². The Labute approximate surface area is 138 Å². The van der Waals surface area contributed by atoms with Crippen LogP contribution in [-0.4, -0.2) is 52.7 Å². The molecule has 1 unspecified atom stereocenters. The lowest BCUT2D eigenvalue weighted by molar-refractivity contribution is -0.159. The predicted molar refractivity (Wildman–Crippen MR) is 84.3 cm³/mol. The molecular weight excluding hydrogens is 312 g/mol. The number of aromatic nitrogens is 1. The van der Waals surface area contributed by atoms with E-state index in [0.717, 1.165) is 5.56 Å². The van der Waals surface area contributed by atoms with Crippen LogP contribution in [0.15, 0.2) is 34.7 Å². The highest BCUT2D eigenvalue weighted by atomic mass is 16.5. The number of nitrogens with zero attached hydrogens (tertiary/aromatic N) is 2. The quantitative estimate of drug-likeness (QED) is 0.913. The van der Waals surface area contributed by atoms with Crippen molar-refractivity contribution in [3.63, 3.8) is 0 Å². The zero-order valence-electron chi connectivity index (χ0n) is 13.3. The van der Waals surface area contributed by atoms with Gasteiger partial charge in [-0.05, 0) is 19.1 Å². The third-order valence-corrected chi connectivity index (χ3v) is 3.93. The van der Waals surface area contributed by atoms with Gasteiger partial charge in [-0.25, -0.2) is 9.78 Å². The fourth-order valence-corrected chi connectivity index (χ4v) is 2.58. The number of carbonyl (C=O) groups is 2. The maximum Gasteiger partial charge on any atom is 0.334 e. The smallest absolute Gasteiger partial charge is 0.334 e. The molecule has 1 aromatic carbocycles. The molecule has 0 radical (unpaired) electrons. The van der Waals surface area contributed by atoms with Crippen LogP contribution in [0, 0.1) is 6.92 Å². The van der Waals surface area contributed by atoms with Crippen molar-refractivity contribution in [2.75, 3.05) is 19.7 Å². The molecule has 0 aliphatic carbocycles. The molecule has 7 nitrogen and oxygen atoms in total. The second-order valence-corrected chi connectivity index (χ2v) is 5.60. The monoisotopic (exact) mass is 330 g/mol. The molecule has 7 heteroatoms. The average Bonchev–Trinajstić information content (AvgIpc) is 2.96. The van der Waals surface area contributed by atoms with E-state index in [0.29, 0.717) is 23.9 Å². The highest BCUT2D eigenvalue weighted by molar-refractivity contribution is 5.80. The molecule has 1 aliphatic heterocycles. The maximum atomic E-state index is 12.4. The molecule has 0 saturated carbocycles. The van der Waals surface area contributed by atoms with Crippen LogP contribution in [0.25, 0.3) is 11.5 Å². The number of amides is 1. The van der Waals surface area contributed by atoms with Gasteiger partial charge in [0.05, 0.1) is 25.3 Å². The number of hydrogen-bond acceptors (Lipinski definition) is 5. The van der Waals surface area contributed by atoms with Crippen LogP contribution in [0.3, 0.4) is 0 Å². The van der Waals surface area contributed by atoms with Crippen molar-refractivity contribution in [2.24, 2.45) is 0 Å². The van der Waals surface area contributed by atoms with E-state index < -0.39 is 12.1 Å². The van der Waals surface area contributed by atoms with Gasteiger partial charge in [0.2, 0.25) is 11.8 Å². The number of carbonyl (C=O) groups excluding carboxylic acids is 1. The summed E-state index contributed by atoms with van der Waals surface area (Å²) in [5, 5.41) is 9.01. The van der Waals surface area contributed by atoms with Crippen LogP contribution in [0.5, 0.6) is 0 Å². The molecule has 1 aromatic heterocycles. The Hall–Kier alpha value is -2.67. The molecule has 0 spiro atoms. The zero-order valence-corrected chi connectivity index (χ0v) is 13.3. The number of oxazole rings is 1. The molecule has 126 valence electrons. The molecular formula is C17H18N2O5. The molecule has 1 fully saturated rings. The van der Waals surface area contributed by atoms with E-state index in [1.165, 1.54) is 4.90 Å². The summed E-state index contributed by atoms with van der Waals surface area (Å²) in [7, 11) is 0. The molecule has 3 rings (SSSR count). The standard InChI is InChI=1S/C17H18N2O5/c1-11-13(18-16(24-11)12-5-3-2-4-6-12)9-15(20)19-7-8-23-14(10-19)17(21)22/h2-6,14H,7-10H2,1H3,(H,21,22). The average molecular weight is 330 g/mol. The topological polar surface area (TPSA) is 92.9 Å². The van der Waals surface area contributed by atoms with Crippen LogP contribution >= 0.6 is 0 Å². The molecule has 24 heavy (non-hydrogen) atoms.